The van der Waals surface area contributed by atoms with Gasteiger partial charge in [0, 0.05) is 11.6 Å². The molecule has 3 N–H and O–H groups in total. The number of carboxylic acids is 1. The van der Waals surface area contributed by atoms with Crippen LogP contribution in [0.15, 0.2) is 24.3 Å². The summed E-state index contributed by atoms with van der Waals surface area (Å²) in [5.74, 6) is -2.44. The molecule has 1 aromatic carbocycles. The van der Waals surface area contributed by atoms with Crippen molar-refractivity contribution in [3.8, 4) is 0 Å². The molecule has 0 bridgehead atoms. The summed E-state index contributed by atoms with van der Waals surface area (Å²) in [5, 5.41) is 13.9. The van der Waals surface area contributed by atoms with E-state index in [0.29, 0.717) is 5.56 Å². The van der Waals surface area contributed by atoms with Gasteiger partial charge in [-0.05, 0) is 32.9 Å². The molecular weight excluding hydrogens is 272 g/mol. The Kier molecular flexibility index (Phi) is 5.90. The molecule has 2 atom stereocenters. The summed E-state index contributed by atoms with van der Waals surface area (Å²) >= 11 is 0. The van der Waals surface area contributed by atoms with Crippen LogP contribution in [0.2, 0.25) is 0 Å². The van der Waals surface area contributed by atoms with E-state index in [-0.39, 0.29) is 12.5 Å². The number of benzene rings is 1. The van der Waals surface area contributed by atoms with E-state index in [0.717, 1.165) is 5.56 Å². The number of carbonyl (C=O) groups excluding carboxylic acids is 2. The summed E-state index contributed by atoms with van der Waals surface area (Å²) in [6, 6.07) is 6.47. The van der Waals surface area contributed by atoms with Crippen LogP contribution in [-0.4, -0.2) is 35.5 Å². The third-order valence-electron chi connectivity index (χ3n) is 3.25. The molecule has 6 nitrogen and oxygen atoms in total. The molecule has 0 aliphatic carbocycles. The second-order valence-electron chi connectivity index (χ2n) is 5.03. The number of carboxylic acid groups (broad SMARTS) is 1. The third-order valence-corrected chi connectivity index (χ3v) is 3.25. The van der Waals surface area contributed by atoms with Crippen LogP contribution in [0, 0.1) is 12.8 Å². The highest BCUT2D eigenvalue weighted by molar-refractivity contribution is 5.96. The highest BCUT2D eigenvalue weighted by atomic mass is 16.4. The fraction of sp³-hybridized carbons (Fsp3) is 0.400. The molecule has 1 aromatic rings. The molecule has 2 unspecified atom stereocenters. The molecule has 114 valence electrons. The lowest BCUT2D eigenvalue weighted by Crippen LogP contribution is -2.44. The first kappa shape index (κ1) is 16.7. The SMILES string of the molecule is Cc1ccc(C(=O)NCC(=O)NC(C)C(C)C(=O)O)cc1. The lowest BCUT2D eigenvalue weighted by Gasteiger charge is -2.17. The minimum Gasteiger partial charge on any atom is -0.481 e. The molecular formula is C15H20N2O4. The van der Waals surface area contributed by atoms with E-state index in [1.54, 1.807) is 19.1 Å². The molecule has 0 fully saturated rings. The Morgan fingerprint density at radius 3 is 2.24 bits per heavy atom. The van der Waals surface area contributed by atoms with Crippen LogP contribution < -0.4 is 10.6 Å². The summed E-state index contributed by atoms with van der Waals surface area (Å²) in [6.45, 7) is 4.85. The van der Waals surface area contributed by atoms with Gasteiger partial charge in [-0.15, -0.1) is 0 Å². The number of nitrogens with one attached hydrogen (secondary N) is 2. The first-order valence-corrected chi connectivity index (χ1v) is 6.68. The van der Waals surface area contributed by atoms with E-state index in [1.807, 2.05) is 19.1 Å². The van der Waals surface area contributed by atoms with E-state index < -0.39 is 23.8 Å². The lowest BCUT2D eigenvalue weighted by atomic mass is 10.0. The zero-order chi connectivity index (χ0) is 16.0. The predicted molar refractivity (Wildman–Crippen MR) is 77.9 cm³/mol. The van der Waals surface area contributed by atoms with Crippen molar-refractivity contribution in [2.75, 3.05) is 6.54 Å². The molecule has 0 aromatic heterocycles. The van der Waals surface area contributed by atoms with Gasteiger partial charge in [0.25, 0.3) is 5.91 Å². The Hall–Kier alpha value is -2.37. The summed E-state index contributed by atoms with van der Waals surface area (Å²) in [7, 11) is 0. The predicted octanol–water partition coefficient (Wildman–Crippen LogP) is 0.950. The smallest absolute Gasteiger partial charge is 0.308 e. The topological polar surface area (TPSA) is 95.5 Å². The van der Waals surface area contributed by atoms with Gasteiger partial charge in [-0.3, -0.25) is 14.4 Å². The van der Waals surface area contributed by atoms with E-state index >= 15 is 0 Å². The zero-order valence-corrected chi connectivity index (χ0v) is 12.3. The number of hydrogen-bond donors (Lipinski definition) is 3. The Bertz CT molecular complexity index is 525. The van der Waals surface area contributed by atoms with Gasteiger partial charge in [0.15, 0.2) is 0 Å². The normalized spacial score (nSPS) is 13.1. The van der Waals surface area contributed by atoms with Crippen molar-refractivity contribution in [1.82, 2.24) is 10.6 Å². The van der Waals surface area contributed by atoms with Crippen molar-refractivity contribution in [3.63, 3.8) is 0 Å². The maximum absolute atomic E-state index is 11.8. The standard InChI is InChI=1S/C15H20N2O4/c1-9-4-6-12(7-5-9)14(19)16-8-13(18)17-11(3)10(2)15(20)21/h4-7,10-11H,8H2,1-3H3,(H,16,19)(H,17,18)(H,20,21). The van der Waals surface area contributed by atoms with Crippen molar-refractivity contribution in [3.05, 3.63) is 35.4 Å². The highest BCUT2D eigenvalue weighted by Gasteiger charge is 2.21. The zero-order valence-electron chi connectivity index (χ0n) is 12.3. The van der Waals surface area contributed by atoms with Gasteiger partial charge in [-0.25, -0.2) is 0 Å². The first-order valence-electron chi connectivity index (χ1n) is 6.68. The second-order valence-corrected chi connectivity index (χ2v) is 5.03. The molecule has 0 spiro atoms. The molecule has 2 amide bonds. The molecule has 0 saturated carbocycles. The van der Waals surface area contributed by atoms with Crippen LogP contribution >= 0.6 is 0 Å². The summed E-state index contributed by atoms with van der Waals surface area (Å²) in [6.07, 6.45) is 0. The van der Waals surface area contributed by atoms with Crippen LogP contribution in [0.3, 0.4) is 0 Å². The maximum Gasteiger partial charge on any atom is 0.308 e. The fourth-order valence-electron chi connectivity index (χ4n) is 1.61. The average Bonchev–Trinajstić information content (AvgIpc) is 2.44. The van der Waals surface area contributed by atoms with Crippen LogP contribution in [0.4, 0.5) is 0 Å². The molecule has 0 aliphatic rings. The van der Waals surface area contributed by atoms with Crippen molar-refractivity contribution < 1.29 is 19.5 Å². The summed E-state index contributed by atoms with van der Waals surface area (Å²) < 4.78 is 0. The quantitative estimate of drug-likeness (QED) is 0.727. The minimum atomic E-state index is -0.980. The maximum atomic E-state index is 11.8. The monoisotopic (exact) mass is 292 g/mol. The Labute approximate surface area is 123 Å². The van der Waals surface area contributed by atoms with Crippen LogP contribution in [-0.2, 0) is 9.59 Å². The molecule has 6 heteroatoms. The number of amides is 2. The highest BCUT2D eigenvalue weighted by Crippen LogP contribution is 2.03. The Balaban J connectivity index is 2.44. The van der Waals surface area contributed by atoms with Crippen molar-refractivity contribution >= 4 is 17.8 Å². The Morgan fingerprint density at radius 2 is 1.71 bits per heavy atom. The molecule has 0 aliphatic heterocycles. The first-order chi connectivity index (χ1) is 9.81. The van der Waals surface area contributed by atoms with Crippen molar-refractivity contribution in [1.29, 1.82) is 0 Å². The van der Waals surface area contributed by atoms with E-state index in [4.69, 9.17) is 5.11 Å². The van der Waals surface area contributed by atoms with Gasteiger partial charge in [-0.1, -0.05) is 17.7 Å². The van der Waals surface area contributed by atoms with Crippen LogP contribution in [0.25, 0.3) is 0 Å². The second kappa shape index (κ2) is 7.42. The largest absolute Gasteiger partial charge is 0.481 e. The number of aryl methyl sites for hydroxylation is 1. The van der Waals surface area contributed by atoms with Crippen molar-refractivity contribution in [2.45, 2.75) is 26.8 Å². The molecule has 1 rings (SSSR count). The molecule has 21 heavy (non-hydrogen) atoms. The van der Waals surface area contributed by atoms with Gasteiger partial charge < -0.3 is 15.7 Å². The number of hydrogen-bond acceptors (Lipinski definition) is 3. The van der Waals surface area contributed by atoms with Gasteiger partial charge in [0.1, 0.15) is 0 Å². The molecule has 0 heterocycles. The van der Waals surface area contributed by atoms with Gasteiger partial charge in [-0.2, -0.15) is 0 Å². The van der Waals surface area contributed by atoms with E-state index in [9.17, 15) is 14.4 Å². The third kappa shape index (κ3) is 5.25. The summed E-state index contributed by atoms with van der Waals surface area (Å²) in [4.78, 5) is 34.2. The van der Waals surface area contributed by atoms with E-state index in [2.05, 4.69) is 10.6 Å². The van der Waals surface area contributed by atoms with Crippen LogP contribution in [0.5, 0.6) is 0 Å². The lowest BCUT2D eigenvalue weighted by molar-refractivity contribution is -0.142. The number of rotatable bonds is 6. The molecule has 0 saturated heterocycles. The average molecular weight is 292 g/mol. The minimum absolute atomic E-state index is 0.191. The van der Waals surface area contributed by atoms with Gasteiger partial charge in [0.2, 0.25) is 5.91 Å². The van der Waals surface area contributed by atoms with E-state index in [1.165, 1.54) is 6.92 Å². The van der Waals surface area contributed by atoms with Gasteiger partial charge in [0.05, 0.1) is 12.5 Å². The van der Waals surface area contributed by atoms with Crippen LogP contribution in [0.1, 0.15) is 29.8 Å². The fourth-order valence-corrected chi connectivity index (χ4v) is 1.61. The Morgan fingerprint density at radius 1 is 1.14 bits per heavy atom. The van der Waals surface area contributed by atoms with Gasteiger partial charge >= 0.3 is 5.97 Å². The number of carbonyl (C=O) groups is 3. The molecule has 0 radical (unpaired) electrons. The van der Waals surface area contributed by atoms with Crippen molar-refractivity contribution in [2.24, 2.45) is 5.92 Å². The summed E-state index contributed by atoms with van der Waals surface area (Å²) in [5.41, 5.74) is 1.51. The number of aliphatic carboxylic acids is 1.